The third kappa shape index (κ3) is 14.4. The molecule has 14 aromatic carbocycles. The highest BCUT2D eigenvalue weighted by Gasteiger charge is 2.32. The highest BCUT2D eigenvalue weighted by molar-refractivity contribution is 6.18. The Labute approximate surface area is 750 Å². The van der Waals surface area contributed by atoms with E-state index in [0.717, 1.165) is 135 Å². The minimum Gasteiger partial charge on any atom is -0.308 e. The lowest BCUT2D eigenvalue weighted by atomic mass is 9.90. The molecule has 10 heteroatoms. The van der Waals surface area contributed by atoms with Crippen LogP contribution in [0.4, 0.5) is 0 Å². The number of aromatic nitrogens is 10. The summed E-state index contributed by atoms with van der Waals surface area (Å²) in [5.74, 6) is 2.64. The minimum absolute atomic E-state index is 0.649. The van der Waals surface area contributed by atoms with Gasteiger partial charge in [-0.15, -0.1) is 0 Å². The predicted molar refractivity (Wildman–Crippen MR) is 534 cm³/mol. The molecule has 6 aromatic heterocycles. The molecule has 128 heavy (non-hydrogen) atoms. The van der Waals surface area contributed by atoms with Crippen molar-refractivity contribution in [2.75, 3.05) is 0 Å². The fraction of sp³-hybridized carbons (Fsp3) is 0.153. The molecule has 20 aromatic rings. The molecule has 0 bridgehead atoms. The van der Waals surface area contributed by atoms with Crippen LogP contribution in [0.15, 0.2) is 291 Å². The van der Waals surface area contributed by atoms with Crippen LogP contribution >= 0.6 is 0 Å². The van der Waals surface area contributed by atoms with Crippen molar-refractivity contribution in [2.45, 2.75) is 125 Å². The second-order valence-electron chi connectivity index (χ2n) is 34.7. The molecule has 0 aliphatic rings. The van der Waals surface area contributed by atoms with E-state index in [2.05, 4.69) is 352 Å². The van der Waals surface area contributed by atoms with Crippen LogP contribution in [0.3, 0.4) is 0 Å². The van der Waals surface area contributed by atoms with Crippen molar-refractivity contribution in [3.63, 3.8) is 0 Å². The van der Waals surface area contributed by atoms with Crippen LogP contribution in [0.25, 0.3) is 191 Å². The molecule has 0 unspecified atom stereocenters. The maximum absolute atomic E-state index is 5.51. The zero-order chi connectivity index (χ0) is 88.8. The number of hydrogen-bond donors (Lipinski definition) is 0. The Morgan fingerprint density at radius 2 is 0.398 bits per heavy atom. The van der Waals surface area contributed by atoms with E-state index in [-0.39, 0.29) is 0 Å². The van der Waals surface area contributed by atoms with Crippen molar-refractivity contribution < 1.29 is 0 Å². The van der Waals surface area contributed by atoms with E-state index in [4.69, 9.17) is 39.9 Å². The van der Waals surface area contributed by atoms with E-state index in [9.17, 15) is 0 Å². The lowest BCUT2D eigenvalue weighted by Crippen LogP contribution is -2.07. The van der Waals surface area contributed by atoms with E-state index in [1.807, 2.05) is 72.8 Å². The molecule has 0 amide bonds. The number of fused-ring (bicyclic) bond motifs is 6. The highest BCUT2D eigenvalue weighted by atomic mass is 15.0. The fourth-order valence-corrected chi connectivity index (χ4v) is 19.2. The molecule has 6 heterocycles. The smallest absolute Gasteiger partial charge is 0.160 e. The van der Waals surface area contributed by atoms with Gasteiger partial charge in [0.05, 0.1) is 79.0 Å². The van der Waals surface area contributed by atoms with Crippen molar-refractivity contribution >= 4 is 43.6 Å². The van der Waals surface area contributed by atoms with Gasteiger partial charge in [0.2, 0.25) is 0 Å². The van der Waals surface area contributed by atoms with E-state index < -0.39 is 0 Å². The average molecular weight is 1660 g/mol. The normalized spacial score (nSPS) is 11.5. The van der Waals surface area contributed by atoms with Gasteiger partial charge < -0.3 is 9.13 Å². The molecule has 0 atom stereocenters. The molecular formula is C118H102N10. The lowest BCUT2D eigenvalue weighted by Gasteiger charge is -2.22. The van der Waals surface area contributed by atoms with Gasteiger partial charge in [-0.1, -0.05) is 243 Å². The summed E-state index contributed by atoms with van der Waals surface area (Å²) in [5.41, 5.74) is 48.9. The summed E-state index contributed by atoms with van der Waals surface area (Å²) in [5, 5.41) is 5.27. The number of aryl methyl sites for hydroxylation is 10. The van der Waals surface area contributed by atoms with Crippen molar-refractivity contribution in [3.05, 3.63) is 391 Å². The molecule has 0 aliphatic heterocycles. The molecule has 0 aliphatic carbocycles. The van der Waals surface area contributed by atoms with E-state index in [0.29, 0.717) is 23.3 Å². The Kier molecular flexibility index (Phi) is 21.6. The number of rotatable bonds is 14. The zero-order valence-corrected chi connectivity index (χ0v) is 76.2. The fourth-order valence-electron chi connectivity index (χ4n) is 19.2. The van der Waals surface area contributed by atoms with Crippen LogP contribution < -0.4 is 0 Å². The average Bonchev–Trinajstić information content (AvgIpc) is 1.54. The summed E-state index contributed by atoms with van der Waals surface area (Å²) in [6.45, 7) is 41.0. The Morgan fingerprint density at radius 1 is 0.164 bits per heavy atom. The van der Waals surface area contributed by atoms with Gasteiger partial charge in [0, 0.05) is 88.3 Å². The topological polar surface area (TPSA) is 113 Å². The predicted octanol–water partition coefficient (Wildman–Crippen LogP) is 30.3. The Bertz CT molecular complexity index is 7420. The minimum atomic E-state index is 0.649. The third-order valence-corrected chi connectivity index (χ3v) is 27.6. The summed E-state index contributed by atoms with van der Waals surface area (Å²) in [6, 6.07) is 101. The van der Waals surface area contributed by atoms with Crippen LogP contribution in [0, 0.1) is 125 Å². The van der Waals surface area contributed by atoms with Gasteiger partial charge in [0.25, 0.3) is 0 Å². The molecule has 20 rings (SSSR count). The highest BCUT2D eigenvalue weighted by Crippen LogP contribution is 2.50. The van der Waals surface area contributed by atoms with Crippen LogP contribution in [0.5, 0.6) is 0 Å². The Morgan fingerprint density at radius 3 is 0.695 bits per heavy atom. The summed E-state index contributed by atoms with van der Waals surface area (Å²) >= 11 is 0. The second-order valence-corrected chi connectivity index (χ2v) is 34.7. The van der Waals surface area contributed by atoms with Crippen molar-refractivity contribution in [1.82, 2.24) is 49.0 Å². The summed E-state index contributed by atoms with van der Waals surface area (Å²) in [7, 11) is 0. The first-order chi connectivity index (χ1) is 62.0. The van der Waals surface area contributed by atoms with Crippen molar-refractivity contribution in [2.24, 2.45) is 0 Å². The van der Waals surface area contributed by atoms with Gasteiger partial charge in [0.1, 0.15) is 0 Å². The molecule has 0 radical (unpaired) electrons. The molecule has 0 spiro atoms. The van der Waals surface area contributed by atoms with Gasteiger partial charge in [-0.25, -0.2) is 39.9 Å². The second kappa shape index (κ2) is 33.5. The van der Waals surface area contributed by atoms with E-state index >= 15 is 0 Å². The molecule has 0 saturated heterocycles. The summed E-state index contributed by atoms with van der Waals surface area (Å²) < 4.78 is 5.13. The molecular weight excluding hydrogens is 1560 g/mol. The van der Waals surface area contributed by atoms with Gasteiger partial charge >= 0.3 is 0 Å². The maximum Gasteiger partial charge on any atom is 0.160 e. The van der Waals surface area contributed by atoms with Crippen LogP contribution in [-0.4, -0.2) is 49.0 Å². The van der Waals surface area contributed by atoms with Crippen LogP contribution in [0.2, 0.25) is 0 Å². The quantitative estimate of drug-likeness (QED) is 0.106. The van der Waals surface area contributed by atoms with Gasteiger partial charge in [-0.2, -0.15) is 0 Å². The van der Waals surface area contributed by atoms with Gasteiger partial charge in [-0.3, -0.25) is 0 Å². The molecule has 10 nitrogen and oxygen atoms in total. The Balaban J connectivity index is 0.000000167. The summed E-state index contributed by atoms with van der Waals surface area (Å²) in [4.78, 5) is 42.9. The summed E-state index contributed by atoms with van der Waals surface area (Å²) in [6.07, 6.45) is 0. The molecule has 0 N–H and O–H groups in total. The van der Waals surface area contributed by atoms with Gasteiger partial charge in [0.15, 0.2) is 23.3 Å². The Hall–Kier alpha value is -15.0. The van der Waals surface area contributed by atoms with E-state index in [1.54, 1.807) is 0 Å². The number of hydrogen-bond acceptors (Lipinski definition) is 8. The number of nitrogens with zero attached hydrogens (tertiary/aromatic N) is 10. The standard InChI is InChI=1S/2C59H51N5/c1-34-30-53(64-56-41(8)37(4)35(2)39(6)54(56)55-40(7)36(3)38(5)42(9)57(55)64)48(52-33-51(45-26-18-12-19-27-45)60-58(63-52)46-28-20-13-21-29-46)31-47(34)59-61-49(43-22-14-10-15-23-43)32-50(62-59)44-24-16-11-17-25-44;1-34-30-47(59-61-49(43-22-14-10-15-23-43)32-50(62-59)44-24-16-11-17-25-44)31-48(52-33-51(45-26-18-12-19-27-45)60-58(63-52)46-28-20-13-21-29-46)55(34)64-56-41(8)37(4)35(2)39(6)53(56)54-40(7)36(3)38(5)42(9)57(54)64/h2*10-33H,1-9H3. The van der Waals surface area contributed by atoms with E-state index in [1.165, 1.54) is 133 Å². The van der Waals surface area contributed by atoms with Gasteiger partial charge in [-0.05, 0) is 273 Å². The first-order valence-electron chi connectivity index (χ1n) is 44.3. The van der Waals surface area contributed by atoms with Crippen molar-refractivity contribution in [3.8, 4) is 147 Å². The largest absolute Gasteiger partial charge is 0.308 e. The first-order valence-corrected chi connectivity index (χ1v) is 44.3. The molecule has 0 saturated carbocycles. The SMILES string of the molecule is Cc1cc(-c2nc(-c3ccccc3)cc(-c3ccccc3)n2)cc(-c2cc(-c3ccccc3)nc(-c3ccccc3)n2)c1-n1c2c(C)c(C)c(C)c(C)c2c2c(C)c(C)c(C)c(C)c21.Cc1cc(-n2c3c(C)c(C)c(C)c(C)c3c3c(C)c(C)c(C)c(C)c32)c(-c2cc(-c3ccccc3)nc(-c3ccccc3)n2)cc1-c1nc(-c2ccccc2)cc(-c2ccccc2)n1. The van der Waals surface area contributed by atoms with Crippen molar-refractivity contribution in [1.29, 1.82) is 0 Å². The molecule has 0 fully saturated rings. The molecule has 624 valence electrons. The number of benzene rings is 14. The third-order valence-electron chi connectivity index (χ3n) is 27.6. The van der Waals surface area contributed by atoms with Crippen LogP contribution in [0.1, 0.15) is 100 Å². The zero-order valence-electron chi connectivity index (χ0n) is 76.2. The maximum atomic E-state index is 5.51. The van der Waals surface area contributed by atoms with Crippen LogP contribution in [-0.2, 0) is 0 Å². The first kappa shape index (κ1) is 82.6. The monoisotopic (exact) mass is 1660 g/mol. The lowest BCUT2D eigenvalue weighted by molar-refractivity contribution is 1.10.